The zero-order chi connectivity index (χ0) is 22.5. The van der Waals surface area contributed by atoms with Crippen molar-refractivity contribution in [1.82, 2.24) is 0 Å². The summed E-state index contributed by atoms with van der Waals surface area (Å²) < 4.78 is 6.02. The second-order valence-electron chi connectivity index (χ2n) is 9.40. The number of benzene rings is 3. The maximum Gasteiger partial charge on any atom is 0.236 e. The predicted molar refractivity (Wildman–Crippen MR) is 125 cm³/mol. The molecule has 0 saturated carbocycles. The predicted octanol–water partition coefficient (Wildman–Crippen LogP) is 5.50. The highest BCUT2D eigenvalue weighted by atomic mass is 16.5. The van der Waals surface area contributed by atoms with E-state index in [1.807, 2.05) is 92.4 Å². The first-order chi connectivity index (χ1) is 15.3. The largest absolute Gasteiger partial charge is 0.457 e. The molecule has 0 atom stereocenters. The van der Waals surface area contributed by atoms with Crippen molar-refractivity contribution in [1.29, 1.82) is 0 Å². The molecule has 5 rings (SSSR count). The van der Waals surface area contributed by atoms with E-state index in [0.29, 0.717) is 23.7 Å². The van der Waals surface area contributed by atoms with Crippen molar-refractivity contribution in [3.05, 3.63) is 83.4 Å². The van der Waals surface area contributed by atoms with Crippen LogP contribution in [0.4, 0.5) is 11.4 Å². The average molecular weight is 427 g/mol. The van der Waals surface area contributed by atoms with Gasteiger partial charge in [-0.2, -0.15) is 0 Å². The standard InChI is InChI=1S/C27H26N2O3/c1-27(2,3)26(31)29-15-14-17-12-13-18(16-21(17)29)28-25(30)24-19-8-4-6-10-22(19)32-23-11-7-5-9-20(23)24/h4-13,16,24H,14-15H2,1-3H3,(H,28,30). The van der Waals surface area contributed by atoms with E-state index < -0.39 is 11.3 Å². The highest BCUT2D eigenvalue weighted by Crippen LogP contribution is 2.44. The summed E-state index contributed by atoms with van der Waals surface area (Å²) in [5.41, 5.74) is 3.92. The van der Waals surface area contributed by atoms with Gasteiger partial charge in [-0.05, 0) is 36.2 Å². The summed E-state index contributed by atoms with van der Waals surface area (Å²) in [4.78, 5) is 28.3. The van der Waals surface area contributed by atoms with E-state index in [9.17, 15) is 9.59 Å². The summed E-state index contributed by atoms with van der Waals surface area (Å²) in [6, 6.07) is 21.1. The Morgan fingerprint density at radius 2 is 1.56 bits per heavy atom. The molecule has 2 amide bonds. The number of rotatable bonds is 2. The minimum absolute atomic E-state index is 0.0898. The van der Waals surface area contributed by atoms with Crippen molar-refractivity contribution in [3.8, 4) is 11.5 Å². The molecule has 3 aromatic carbocycles. The third kappa shape index (κ3) is 3.44. The van der Waals surface area contributed by atoms with Gasteiger partial charge in [-0.15, -0.1) is 0 Å². The Kier molecular flexibility index (Phi) is 4.77. The summed E-state index contributed by atoms with van der Waals surface area (Å²) in [5, 5.41) is 3.09. The Morgan fingerprint density at radius 3 is 2.19 bits per heavy atom. The molecule has 0 saturated heterocycles. The number of carbonyl (C=O) groups is 2. The van der Waals surface area contributed by atoms with Crippen molar-refractivity contribution in [3.63, 3.8) is 0 Å². The third-order valence-corrected chi connectivity index (χ3v) is 6.08. The molecular weight excluding hydrogens is 400 g/mol. The first-order valence-electron chi connectivity index (χ1n) is 10.9. The highest BCUT2D eigenvalue weighted by molar-refractivity contribution is 6.02. The average Bonchev–Trinajstić information content (AvgIpc) is 3.19. The van der Waals surface area contributed by atoms with Crippen LogP contribution in [0.2, 0.25) is 0 Å². The number of para-hydroxylation sites is 2. The van der Waals surface area contributed by atoms with E-state index in [-0.39, 0.29) is 11.8 Å². The van der Waals surface area contributed by atoms with Crippen molar-refractivity contribution < 1.29 is 14.3 Å². The van der Waals surface area contributed by atoms with Gasteiger partial charge < -0.3 is 15.0 Å². The van der Waals surface area contributed by atoms with Crippen LogP contribution in [0.5, 0.6) is 11.5 Å². The van der Waals surface area contributed by atoms with E-state index in [4.69, 9.17) is 4.74 Å². The van der Waals surface area contributed by atoms with Crippen LogP contribution in [0, 0.1) is 5.41 Å². The second-order valence-corrected chi connectivity index (χ2v) is 9.40. The van der Waals surface area contributed by atoms with Crippen LogP contribution < -0.4 is 15.0 Å². The Labute approximate surface area is 188 Å². The van der Waals surface area contributed by atoms with Gasteiger partial charge in [0.2, 0.25) is 11.8 Å². The maximum absolute atomic E-state index is 13.5. The number of ether oxygens (including phenoxy) is 1. The lowest BCUT2D eigenvalue weighted by Crippen LogP contribution is -2.38. The fourth-order valence-electron chi connectivity index (χ4n) is 4.48. The van der Waals surface area contributed by atoms with Crippen molar-refractivity contribution >= 4 is 23.2 Å². The van der Waals surface area contributed by atoms with Gasteiger partial charge in [-0.3, -0.25) is 9.59 Å². The number of carbonyl (C=O) groups excluding carboxylic acids is 2. The summed E-state index contributed by atoms with van der Waals surface area (Å²) in [5.74, 6) is 0.882. The lowest BCUT2D eigenvalue weighted by molar-refractivity contribution is -0.125. The molecule has 162 valence electrons. The molecule has 1 N–H and O–H groups in total. The van der Waals surface area contributed by atoms with Crippen molar-refractivity contribution in [2.45, 2.75) is 33.1 Å². The lowest BCUT2D eigenvalue weighted by atomic mass is 9.87. The highest BCUT2D eigenvalue weighted by Gasteiger charge is 2.34. The number of nitrogens with zero attached hydrogens (tertiary/aromatic N) is 1. The quantitative estimate of drug-likeness (QED) is 0.589. The van der Waals surface area contributed by atoms with Crippen LogP contribution >= 0.6 is 0 Å². The molecule has 0 fully saturated rings. The summed E-state index contributed by atoms with van der Waals surface area (Å²) in [6.07, 6.45) is 0.825. The molecule has 5 nitrogen and oxygen atoms in total. The molecule has 0 spiro atoms. The smallest absolute Gasteiger partial charge is 0.236 e. The molecule has 2 aliphatic heterocycles. The topological polar surface area (TPSA) is 58.6 Å². The normalized spacial score (nSPS) is 14.8. The van der Waals surface area contributed by atoms with Crippen LogP contribution in [-0.2, 0) is 16.0 Å². The van der Waals surface area contributed by atoms with E-state index in [2.05, 4.69) is 5.32 Å². The van der Waals surface area contributed by atoms with Crippen LogP contribution in [0.1, 0.15) is 43.4 Å². The number of nitrogens with one attached hydrogen (secondary N) is 1. The molecule has 3 aromatic rings. The lowest BCUT2D eigenvalue weighted by Gasteiger charge is -2.28. The zero-order valence-electron chi connectivity index (χ0n) is 18.5. The fraction of sp³-hybridized carbons (Fsp3) is 0.259. The van der Waals surface area contributed by atoms with Gasteiger partial charge in [0.25, 0.3) is 0 Å². The van der Waals surface area contributed by atoms with Gasteiger partial charge in [0, 0.05) is 34.5 Å². The first-order valence-corrected chi connectivity index (χ1v) is 10.9. The third-order valence-electron chi connectivity index (χ3n) is 6.08. The second kappa shape index (κ2) is 7.52. The van der Waals surface area contributed by atoms with Gasteiger partial charge in [-0.1, -0.05) is 63.2 Å². The molecule has 0 aliphatic carbocycles. The molecule has 5 heteroatoms. The van der Waals surface area contributed by atoms with Gasteiger partial charge in [0.05, 0.1) is 5.92 Å². The Balaban J connectivity index is 1.47. The Morgan fingerprint density at radius 1 is 0.938 bits per heavy atom. The Hall–Kier alpha value is -3.60. The summed E-state index contributed by atoms with van der Waals surface area (Å²) >= 11 is 0. The van der Waals surface area contributed by atoms with Gasteiger partial charge >= 0.3 is 0 Å². The summed E-state index contributed by atoms with van der Waals surface area (Å²) in [6.45, 7) is 6.46. The van der Waals surface area contributed by atoms with Gasteiger partial charge in [0.1, 0.15) is 11.5 Å². The van der Waals surface area contributed by atoms with E-state index in [0.717, 1.165) is 28.8 Å². The Bertz CT molecular complexity index is 1180. The molecule has 32 heavy (non-hydrogen) atoms. The fourth-order valence-corrected chi connectivity index (χ4v) is 4.48. The van der Waals surface area contributed by atoms with Crippen LogP contribution in [-0.4, -0.2) is 18.4 Å². The number of fused-ring (bicyclic) bond motifs is 3. The number of anilines is 2. The van der Waals surface area contributed by atoms with Crippen LogP contribution in [0.15, 0.2) is 66.7 Å². The molecule has 0 bridgehead atoms. The first kappa shape index (κ1) is 20.3. The van der Waals surface area contributed by atoms with E-state index in [1.165, 1.54) is 0 Å². The maximum atomic E-state index is 13.5. The summed E-state index contributed by atoms with van der Waals surface area (Å²) in [7, 11) is 0. The minimum Gasteiger partial charge on any atom is -0.457 e. The van der Waals surface area contributed by atoms with Crippen molar-refractivity contribution in [2.75, 3.05) is 16.8 Å². The molecule has 2 heterocycles. The van der Waals surface area contributed by atoms with Crippen molar-refractivity contribution in [2.24, 2.45) is 5.41 Å². The molecule has 0 aromatic heterocycles. The number of hydrogen-bond acceptors (Lipinski definition) is 3. The number of hydrogen-bond donors (Lipinski definition) is 1. The molecular formula is C27H26N2O3. The molecule has 0 radical (unpaired) electrons. The minimum atomic E-state index is -0.475. The van der Waals surface area contributed by atoms with Gasteiger partial charge in [-0.25, -0.2) is 0 Å². The van der Waals surface area contributed by atoms with Crippen LogP contribution in [0.3, 0.4) is 0 Å². The molecule has 2 aliphatic rings. The van der Waals surface area contributed by atoms with Gasteiger partial charge in [0.15, 0.2) is 0 Å². The number of amides is 2. The van der Waals surface area contributed by atoms with Crippen LogP contribution in [0.25, 0.3) is 0 Å². The van der Waals surface area contributed by atoms with E-state index in [1.54, 1.807) is 0 Å². The zero-order valence-corrected chi connectivity index (χ0v) is 18.5. The monoisotopic (exact) mass is 426 g/mol. The van der Waals surface area contributed by atoms with E-state index >= 15 is 0 Å². The molecule has 0 unspecified atom stereocenters. The SMILES string of the molecule is CC(C)(C)C(=O)N1CCc2ccc(NC(=O)C3c4ccccc4Oc4ccccc43)cc21.